The zero-order valence-electron chi connectivity index (χ0n) is 11.0. The standard InChI is InChI=1S/C12H23N3O.2ClH/c1-10(11-8-13-9-11)12(16)14-4-7-15-5-2-3-6-15;;/h10-11,13H,2-9H2,1H3,(H,14,16);2*1H. The highest BCUT2D eigenvalue weighted by atomic mass is 35.5. The summed E-state index contributed by atoms with van der Waals surface area (Å²) in [5.41, 5.74) is 0. The van der Waals surface area contributed by atoms with Crippen LogP contribution in [0.3, 0.4) is 0 Å². The summed E-state index contributed by atoms with van der Waals surface area (Å²) < 4.78 is 0. The molecule has 0 aromatic heterocycles. The molecule has 108 valence electrons. The Bertz CT molecular complexity index is 243. The van der Waals surface area contributed by atoms with Gasteiger partial charge in [-0.1, -0.05) is 6.92 Å². The molecule has 4 nitrogen and oxygen atoms in total. The average Bonchev–Trinajstić information content (AvgIpc) is 2.67. The lowest BCUT2D eigenvalue weighted by molar-refractivity contribution is -0.126. The van der Waals surface area contributed by atoms with Crippen molar-refractivity contribution in [3.05, 3.63) is 0 Å². The molecule has 2 aliphatic rings. The number of hydrogen-bond donors (Lipinski definition) is 2. The number of hydrogen-bond acceptors (Lipinski definition) is 3. The lowest BCUT2D eigenvalue weighted by atomic mass is 9.88. The van der Waals surface area contributed by atoms with E-state index in [4.69, 9.17) is 0 Å². The van der Waals surface area contributed by atoms with Gasteiger partial charge in [-0.05, 0) is 44.9 Å². The molecule has 1 amide bonds. The number of nitrogens with one attached hydrogen (secondary N) is 2. The van der Waals surface area contributed by atoms with Gasteiger partial charge in [-0.25, -0.2) is 0 Å². The van der Waals surface area contributed by atoms with Crippen LogP contribution in [-0.2, 0) is 4.79 Å². The van der Waals surface area contributed by atoms with Crippen LogP contribution in [-0.4, -0.2) is 50.1 Å². The lowest BCUT2D eigenvalue weighted by Crippen LogP contribution is -2.50. The summed E-state index contributed by atoms with van der Waals surface area (Å²) in [6.07, 6.45) is 2.64. The number of halogens is 2. The van der Waals surface area contributed by atoms with Gasteiger partial charge < -0.3 is 15.5 Å². The van der Waals surface area contributed by atoms with E-state index < -0.39 is 0 Å². The first-order chi connectivity index (χ1) is 7.77. The van der Waals surface area contributed by atoms with Gasteiger partial charge in [-0.15, -0.1) is 24.8 Å². The van der Waals surface area contributed by atoms with Crippen molar-refractivity contribution >= 4 is 30.7 Å². The van der Waals surface area contributed by atoms with Gasteiger partial charge in [0.1, 0.15) is 0 Å². The van der Waals surface area contributed by atoms with Crippen molar-refractivity contribution in [2.24, 2.45) is 11.8 Å². The molecule has 0 aromatic carbocycles. The van der Waals surface area contributed by atoms with Crippen molar-refractivity contribution in [3.63, 3.8) is 0 Å². The van der Waals surface area contributed by atoms with Crippen LogP contribution in [0.5, 0.6) is 0 Å². The van der Waals surface area contributed by atoms with Gasteiger partial charge in [0.15, 0.2) is 0 Å². The summed E-state index contributed by atoms with van der Waals surface area (Å²) in [5, 5.41) is 6.26. The lowest BCUT2D eigenvalue weighted by Gasteiger charge is -2.31. The third-order valence-corrected chi connectivity index (χ3v) is 3.86. The summed E-state index contributed by atoms with van der Waals surface area (Å²) in [6.45, 7) is 8.28. The summed E-state index contributed by atoms with van der Waals surface area (Å²) in [7, 11) is 0. The molecule has 0 aliphatic carbocycles. The van der Waals surface area contributed by atoms with Gasteiger partial charge >= 0.3 is 0 Å². The first-order valence-electron chi connectivity index (χ1n) is 6.48. The molecular formula is C12H25Cl2N3O. The molecule has 18 heavy (non-hydrogen) atoms. The van der Waals surface area contributed by atoms with E-state index >= 15 is 0 Å². The topological polar surface area (TPSA) is 44.4 Å². The van der Waals surface area contributed by atoms with Crippen LogP contribution in [0.15, 0.2) is 0 Å². The van der Waals surface area contributed by atoms with E-state index in [1.807, 2.05) is 6.92 Å². The van der Waals surface area contributed by atoms with E-state index in [-0.39, 0.29) is 36.6 Å². The van der Waals surface area contributed by atoms with Crippen LogP contribution >= 0.6 is 24.8 Å². The maximum absolute atomic E-state index is 11.8. The number of carbonyl (C=O) groups excluding carboxylic acids is 1. The third-order valence-electron chi connectivity index (χ3n) is 3.86. The number of likely N-dealkylation sites (tertiary alicyclic amines) is 1. The Morgan fingerprint density at radius 3 is 2.44 bits per heavy atom. The monoisotopic (exact) mass is 297 g/mol. The van der Waals surface area contributed by atoms with Crippen LogP contribution < -0.4 is 10.6 Å². The zero-order valence-corrected chi connectivity index (χ0v) is 12.6. The van der Waals surface area contributed by atoms with Gasteiger partial charge in [0, 0.05) is 19.0 Å². The van der Waals surface area contributed by atoms with E-state index in [1.54, 1.807) is 0 Å². The number of amides is 1. The highest BCUT2D eigenvalue weighted by molar-refractivity contribution is 5.85. The summed E-state index contributed by atoms with van der Waals surface area (Å²) in [5.74, 6) is 0.942. The Hall–Kier alpha value is -0.0300. The summed E-state index contributed by atoms with van der Waals surface area (Å²) in [6, 6.07) is 0. The summed E-state index contributed by atoms with van der Waals surface area (Å²) >= 11 is 0. The largest absolute Gasteiger partial charge is 0.355 e. The fourth-order valence-electron chi connectivity index (χ4n) is 2.38. The minimum Gasteiger partial charge on any atom is -0.355 e. The van der Waals surface area contributed by atoms with Gasteiger partial charge in [-0.3, -0.25) is 4.79 Å². The van der Waals surface area contributed by atoms with E-state index in [0.717, 1.165) is 26.2 Å². The van der Waals surface area contributed by atoms with Crippen LogP contribution in [0.4, 0.5) is 0 Å². The normalized spacial score (nSPS) is 21.4. The Labute approximate surface area is 122 Å². The number of rotatable bonds is 5. The number of carbonyl (C=O) groups is 1. The predicted octanol–water partition coefficient (Wildman–Crippen LogP) is 0.897. The molecule has 2 fully saturated rings. The maximum atomic E-state index is 11.8. The van der Waals surface area contributed by atoms with Crippen molar-refractivity contribution in [2.45, 2.75) is 19.8 Å². The predicted molar refractivity (Wildman–Crippen MR) is 78.7 cm³/mol. The smallest absolute Gasteiger partial charge is 0.223 e. The Kier molecular flexibility index (Phi) is 8.95. The second kappa shape index (κ2) is 8.97. The Morgan fingerprint density at radius 1 is 1.33 bits per heavy atom. The van der Waals surface area contributed by atoms with E-state index in [9.17, 15) is 4.79 Å². The van der Waals surface area contributed by atoms with Crippen molar-refractivity contribution in [2.75, 3.05) is 39.3 Å². The molecule has 1 unspecified atom stereocenters. The third kappa shape index (κ3) is 4.92. The van der Waals surface area contributed by atoms with Crippen molar-refractivity contribution < 1.29 is 4.79 Å². The minimum atomic E-state index is 0. The molecule has 2 heterocycles. The Morgan fingerprint density at radius 2 is 1.94 bits per heavy atom. The summed E-state index contributed by atoms with van der Waals surface area (Å²) in [4.78, 5) is 14.2. The highest BCUT2D eigenvalue weighted by Crippen LogP contribution is 2.15. The molecule has 1 atom stereocenters. The molecule has 2 aliphatic heterocycles. The molecule has 0 radical (unpaired) electrons. The molecule has 2 N–H and O–H groups in total. The molecule has 0 saturated carbocycles. The molecule has 0 spiro atoms. The molecule has 0 aromatic rings. The molecule has 0 bridgehead atoms. The van der Waals surface area contributed by atoms with Crippen molar-refractivity contribution in [1.82, 2.24) is 15.5 Å². The van der Waals surface area contributed by atoms with E-state index in [2.05, 4.69) is 15.5 Å². The van der Waals surface area contributed by atoms with Gasteiger partial charge in [0.25, 0.3) is 0 Å². The average molecular weight is 298 g/mol. The molecule has 2 rings (SSSR count). The SMILES string of the molecule is CC(C(=O)NCCN1CCCC1)C1CNC1.Cl.Cl. The zero-order chi connectivity index (χ0) is 11.4. The maximum Gasteiger partial charge on any atom is 0.223 e. The van der Waals surface area contributed by atoms with Gasteiger partial charge in [-0.2, -0.15) is 0 Å². The quantitative estimate of drug-likeness (QED) is 0.792. The first kappa shape index (κ1) is 18.0. The first-order valence-corrected chi connectivity index (χ1v) is 6.48. The fraction of sp³-hybridized carbons (Fsp3) is 0.917. The molecular weight excluding hydrogens is 273 g/mol. The van der Waals surface area contributed by atoms with Gasteiger partial charge in [0.2, 0.25) is 5.91 Å². The van der Waals surface area contributed by atoms with Crippen LogP contribution in [0.1, 0.15) is 19.8 Å². The number of nitrogens with zero attached hydrogens (tertiary/aromatic N) is 1. The second-order valence-electron chi connectivity index (χ2n) is 5.05. The Balaban J connectivity index is 0.00000144. The van der Waals surface area contributed by atoms with Crippen LogP contribution in [0.2, 0.25) is 0 Å². The molecule has 2 saturated heterocycles. The molecule has 6 heteroatoms. The van der Waals surface area contributed by atoms with Crippen LogP contribution in [0, 0.1) is 11.8 Å². The van der Waals surface area contributed by atoms with E-state index in [0.29, 0.717) is 5.92 Å². The highest BCUT2D eigenvalue weighted by Gasteiger charge is 2.28. The van der Waals surface area contributed by atoms with E-state index in [1.165, 1.54) is 25.9 Å². The minimum absolute atomic E-state index is 0. The second-order valence-corrected chi connectivity index (χ2v) is 5.05. The van der Waals surface area contributed by atoms with Crippen molar-refractivity contribution in [3.8, 4) is 0 Å². The fourth-order valence-corrected chi connectivity index (χ4v) is 2.38. The van der Waals surface area contributed by atoms with Crippen molar-refractivity contribution in [1.29, 1.82) is 0 Å². The van der Waals surface area contributed by atoms with Gasteiger partial charge in [0.05, 0.1) is 0 Å². The van der Waals surface area contributed by atoms with Crippen LogP contribution in [0.25, 0.3) is 0 Å².